The Balaban J connectivity index is 1.70. The van der Waals surface area contributed by atoms with E-state index in [0.29, 0.717) is 37.0 Å². The largest absolute Gasteiger partial charge is 0.444 e. The second-order valence-corrected chi connectivity index (χ2v) is 8.13. The average Bonchev–Trinajstić information content (AvgIpc) is 3.00. The summed E-state index contributed by atoms with van der Waals surface area (Å²) in [4.78, 5) is 23.9. The van der Waals surface area contributed by atoms with Crippen LogP contribution < -0.4 is 4.90 Å². The fraction of sp³-hybridized carbons (Fsp3) is 0.562. The second kappa shape index (κ2) is 7.10. The van der Waals surface area contributed by atoms with Crippen LogP contribution in [0.25, 0.3) is 10.8 Å². The van der Waals surface area contributed by atoms with E-state index in [9.17, 15) is 9.18 Å². The molecule has 3 rings (SSSR count). The molecule has 10 heteroatoms. The predicted molar refractivity (Wildman–Crippen MR) is 95.7 cm³/mol. The molecule has 26 heavy (non-hydrogen) atoms. The Morgan fingerprint density at radius 1 is 1.23 bits per heavy atom. The second-order valence-electron chi connectivity index (χ2n) is 6.95. The molecule has 1 saturated heterocycles. The molecule has 1 amide bonds. The number of nitrogens with zero attached hydrogens (tertiary/aromatic N) is 6. The lowest BCUT2D eigenvalue weighted by molar-refractivity contribution is 0.0240. The number of anilines is 1. The van der Waals surface area contributed by atoms with Gasteiger partial charge in [-0.2, -0.15) is 0 Å². The zero-order valence-electron chi connectivity index (χ0n) is 15.2. The molecule has 0 aromatic carbocycles. The number of carbonyl (C=O) groups excluding carboxylic acids is 1. The van der Waals surface area contributed by atoms with E-state index >= 15 is 0 Å². The van der Waals surface area contributed by atoms with Gasteiger partial charge in [0, 0.05) is 26.2 Å². The van der Waals surface area contributed by atoms with Gasteiger partial charge in [-0.15, -0.1) is 10.2 Å². The molecule has 2 aromatic heterocycles. The van der Waals surface area contributed by atoms with Gasteiger partial charge in [0.1, 0.15) is 10.6 Å². The van der Waals surface area contributed by atoms with Crippen molar-refractivity contribution in [1.82, 2.24) is 25.1 Å². The Morgan fingerprint density at radius 3 is 2.50 bits per heavy atom. The molecule has 0 saturated carbocycles. The molecule has 1 fully saturated rings. The zero-order chi connectivity index (χ0) is 18.9. The van der Waals surface area contributed by atoms with Crippen molar-refractivity contribution < 1.29 is 13.9 Å². The van der Waals surface area contributed by atoms with Crippen LogP contribution in [0.4, 0.5) is 15.0 Å². The molecule has 3 heterocycles. The monoisotopic (exact) mass is 380 g/mol. The van der Waals surface area contributed by atoms with E-state index in [1.165, 1.54) is 11.3 Å². The normalized spacial score (nSPS) is 15.3. The van der Waals surface area contributed by atoms with Crippen LogP contribution in [-0.2, 0) is 4.74 Å². The first-order valence-electron chi connectivity index (χ1n) is 8.29. The van der Waals surface area contributed by atoms with Gasteiger partial charge in [0.2, 0.25) is 0 Å². The quantitative estimate of drug-likeness (QED) is 0.791. The fourth-order valence-corrected chi connectivity index (χ4v) is 3.13. The number of carbonyl (C=O) groups is 1. The number of piperazine rings is 1. The highest BCUT2D eigenvalue weighted by Crippen LogP contribution is 2.24. The Hall–Kier alpha value is -2.36. The minimum Gasteiger partial charge on any atom is -0.444 e. The number of aryl methyl sites for hydroxylation is 1. The highest BCUT2D eigenvalue weighted by molar-refractivity contribution is 7.14. The lowest BCUT2D eigenvalue weighted by Crippen LogP contribution is -2.50. The number of ether oxygens (including phenoxy) is 1. The lowest BCUT2D eigenvalue weighted by Gasteiger charge is -2.36. The van der Waals surface area contributed by atoms with Gasteiger partial charge in [-0.05, 0) is 27.7 Å². The maximum atomic E-state index is 14.2. The first kappa shape index (κ1) is 18.4. The van der Waals surface area contributed by atoms with Crippen molar-refractivity contribution >= 4 is 23.2 Å². The van der Waals surface area contributed by atoms with Gasteiger partial charge in [0.15, 0.2) is 22.5 Å². The van der Waals surface area contributed by atoms with Crippen LogP contribution in [0, 0.1) is 12.7 Å². The van der Waals surface area contributed by atoms with E-state index in [2.05, 4.69) is 20.2 Å². The smallest absolute Gasteiger partial charge is 0.410 e. The summed E-state index contributed by atoms with van der Waals surface area (Å²) in [6.07, 6.45) is 0.791. The standard InChI is InChI=1S/C16H21FN6O2S/c1-10-20-21-14(26-10)12-18-9-11(17)13(19-12)22-5-7-23(8-6-22)15(24)25-16(2,3)4/h9H,5-8H2,1-4H3. The summed E-state index contributed by atoms with van der Waals surface area (Å²) in [5.41, 5.74) is -0.540. The number of halogens is 1. The summed E-state index contributed by atoms with van der Waals surface area (Å²) in [6, 6.07) is 0. The number of hydrogen-bond acceptors (Lipinski definition) is 8. The van der Waals surface area contributed by atoms with Crippen molar-refractivity contribution in [3.8, 4) is 10.8 Å². The van der Waals surface area contributed by atoms with Crippen molar-refractivity contribution in [1.29, 1.82) is 0 Å². The first-order chi connectivity index (χ1) is 12.2. The fourth-order valence-electron chi connectivity index (χ4n) is 2.50. The third kappa shape index (κ3) is 4.24. The molecular weight excluding hydrogens is 359 g/mol. The summed E-state index contributed by atoms with van der Waals surface area (Å²) in [6.45, 7) is 9.11. The molecule has 0 aliphatic carbocycles. The molecule has 140 valence electrons. The number of hydrogen-bond donors (Lipinski definition) is 0. The molecule has 8 nitrogen and oxygen atoms in total. The van der Waals surface area contributed by atoms with Crippen LogP contribution >= 0.6 is 11.3 Å². The lowest BCUT2D eigenvalue weighted by atomic mass is 10.2. The summed E-state index contributed by atoms with van der Waals surface area (Å²) >= 11 is 1.35. The minimum atomic E-state index is -0.540. The van der Waals surface area contributed by atoms with Crippen LogP contribution in [0.15, 0.2) is 6.20 Å². The molecule has 0 atom stereocenters. The number of amides is 1. The summed E-state index contributed by atoms with van der Waals surface area (Å²) in [5, 5.41) is 9.29. The Labute approximate surface area is 155 Å². The molecule has 0 bridgehead atoms. The molecule has 2 aromatic rings. The van der Waals surface area contributed by atoms with Crippen LogP contribution in [0.5, 0.6) is 0 Å². The van der Waals surface area contributed by atoms with E-state index in [1.54, 1.807) is 9.80 Å². The van der Waals surface area contributed by atoms with Gasteiger partial charge >= 0.3 is 6.09 Å². The van der Waals surface area contributed by atoms with Crippen LogP contribution in [-0.4, -0.2) is 62.9 Å². The Bertz CT molecular complexity index is 798. The molecular formula is C16H21FN6O2S. The highest BCUT2D eigenvalue weighted by Gasteiger charge is 2.27. The first-order valence-corrected chi connectivity index (χ1v) is 9.10. The third-order valence-electron chi connectivity index (χ3n) is 3.67. The maximum absolute atomic E-state index is 14.2. The Kier molecular flexibility index (Phi) is 5.03. The predicted octanol–water partition coefficient (Wildman–Crippen LogP) is 2.50. The average molecular weight is 380 g/mol. The van der Waals surface area contributed by atoms with Crippen molar-refractivity contribution in [2.75, 3.05) is 31.1 Å². The van der Waals surface area contributed by atoms with Crippen LogP contribution in [0.2, 0.25) is 0 Å². The molecule has 1 aliphatic heterocycles. The number of rotatable bonds is 2. The third-order valence-corrected chi connectivity index (χ3v) is 4.51. The molecule has 0 unspecified atom stereocenters. The van der Waals surface area contributed by atoms with Crippen molar-refractivity contribution in [3.63, 3.8) is 0 Å². The SMILES string of the molecule is Cc1nnc(-c2ncc(F)c(N3CCN(C(=O)OC(C)(C)C)CC3)n2)s1. The summed E-state index contributed by atoms with van der Waals surface area (Å²) in [5.74, 6) is 0.0639. The highest BCUT2D eigenvalue weighted by atomic mass is 32.1. The molecule has 1 aliphatic rings. The van der Waals surface area contributed by atoms with E-state index < -0.39 is 11.4 Å². The van der Waals surface area contributed by atoms with Crippen molar-refractivity contribution in [2.45, 2.75) is 33.3 Å². The molecule has 0 radical (unpaired) electrons. The van der Waals surface area contributed by atoms with E-state index in [1.807, 2.05) is 27.7 Å². The van der Waals surface area contributed by atoms with E-state index in [-0.39, 0.29) is 11.9 Å². The summed E-state index contributed by atoms with van der Waals surface area (Å²) in [7, 11) is 0. The van der Waals surface area contributed by atoms with Gasteiger partial charge in [0.25, 0.3) is 0 Å². The topological polar surface area (TPSA) is 84.3 Å². The van der Waals surface area contributed by atoms with Gasteiger partial charge < -0.3 is 14.5 Å². The number of aromatic nitrogens is 4. The minimum absolute atomic E-state index is 0.215. The van der Waals surface area contributed by atoms with E-state index in [0.717, 1.165) is 11.2 Å². The zero-order valence-corrected chi connectivity index (χ0v) is 16.0. The van der Waals surface area contributed by atoms with Gasteiger partial charge in [-0.25, -0.2) is 19.2 Å². The molecule has 0 spiro atoms. The maximum Gasteiger partial charge on any atom is 0.410 e. The van der Waals surface area contributed by atoms with Gasteiger partial charge in [0.05, 0.1) is 6.20 Å². The van der Waals surface area contributed by atoms with E-state index in [4.69, 9.17) is 4.74 Å². The van der Waals surface area contributed by atoms with Crippen molar-refractivity contribution in [3.05, 3.63) is 17.0 Å². The van der Waals surface area contributed by atoms with Gasteiger partial charge in [-0.3, -0.25) is 0 Å². The summed E-state index contributed by atoms with van der Waals surface area (Å²) < 4.78 is 19.6. The Morgan fingerprint density at radius 2 is 1.92 bits per heavy atom. The van der Waals surface area contributed by atoms with Crippen LogP contribution in [0.3, 0.4) is 0 Å². The molecule has 0 N–H and O–H groups in total. The van der Waals surface area contributed by atoms with Gasteiger partial charge in [-0.1, -0.05) is 11.3 Å². The van der Waals surface area contributed by atoms with Crippen LogP contribution in [0.1, 0.15) is 25.8 Å². The van der Waals surface area contributed by atoms with Crippen molar-refractivity contribution in [2.24, 2.45) is 0 Å².